The molecule has 1 N–H and O–H groups in total. The highest BCUT2D eigenvalue weighted by Crippen LogP contribution is 2.34. The predicted octanol–water partition coefficient (Wildman–Crippen LogP) is 2.56. The summed E-state index contributed by atoms with van der Waals surface area (Å²) in [5, 5.41) is 3.30. The molecule has 1 aliphatic rings. The van der Waals surface area contributed by atoms with Gasteiger partial charge in [0.25, 0.3) is 0 Å². The van der Waals surface area contributed by atoms with Crippen LogP contribution in [0.3, 0.4) is 0 Å². The van der Waals surface area contributed by atoms with Crippen molar-refractivity contribution in [3.63, 3.8) is 0 Å². The lowest BCUT2D eigenvalue weighted by molar-refractivity contribution is -0.122. The van der Waals surface area contributed by atoms with Gasteiger partial charge >= 0.3 is 0 Å². The van der Waals surface area contributed by atoms with Crippen molar-refractivity contribution in [2.45, 2.75) is 44.7 Å². The maximum atomic E-state index is 12.6. The molecule has 24 heavy (non-hydrogen) atoms. The molecule has 0 aromatic heterocycles. The van der Waals surface area contributed by atoms with Crippen LogP contribution in [0.5, 0.6) is 5.75 Å². The molecule has 1 fully saturated rings. The van der Waals surface area contributed by atoms with Crippen LogP contribution in [0.1, 0.15) is 32.6 Å². The lowest BCUT2D eigenvalue weighted by Crippen LogP contribution is -2.50. The zero-order valence-electron chi connectivity index (χ0n) is 14.1. The SMILES string of the molecule is COc1ccc(Cl)cc1N([C@@H](C)C(=O)NC1CCCC1)S(C)(=O)=O. The monoisotopic (exact) mass is 374 g/mol. The molecule has 0 aliphatic heterocycles. The molecule has 6 nitrogen and oxygen atoms in total. The van der Waals surface area contributed by atoms with E-state index in [9.17, 15) is 13.2 Å². The highest BCUT2D eigenvalue weighted by Gasteiger charge is 2.32. The number of carbonyl (C=O) groups is 1. The van der Waals surface area contributed by atoms with E-state index in [0.717, 1.165) is 36.2 Å². The summed E-state index contributed by atoms with van der Waals surface area (Å²) in [6, 6.07) is 3.88. The van der Waals surface area contributed by atoms with Gasteiger partial charge in [-0.3, -0.25) is 9.10 Å². The first-order valence-corrected chi connectivity index (χ1v) is 10.1. The summed E-state index contributed by atoms with van der Waals surface area (Å²) in [7, 11) is -2.27. The molecular formula is C16H23ClN2O4S. The van der Waals surface area contributed by atoms with Crippen molar-refractivity contribution in [1.82, 2.24) is 5.32 Å². The van der Waals surface area contributed by atoms with E-state index in [4.69, 9.17) is 16.3 Å². The zero-order valence-corrected chi connectivity index (χ0v) is 15.7. The van der Waals surface area contributed by atoms with Crippen molar-refractivity contribution in [1.29, 1.82) is 0 Å². The Hall–Kier alpha value is -1.47. The van der Waals surface area contributed by atoms with Gasteiger partial charge < -0.3 is 10.1 Å². The van der Waals surface area contributed by atoms with Gasteiger partial charge in [0, 0.05) is 11.1 Å². The third-order valence-electron chi connectivity index (χ3n) is 4.17. The molecule has 2 rings (SSSR count). The first-order chi connectivity index (χ1) is 11.2. The van der Waals surface area contributed by atoms with Gasteiger partial charge in [-0.25, -0.2) is 8.42 Å². The Morgan fingerprint density at radius 1 is 1.38 bits per heavy atom. The summed E-state index contributed by atoms with van der Waals surface area (Å²) in [6.07, 6.45) is 5.08. The Bertz CT molecular complexity index is 702. The van der Waals surface area contributed by atoms with Gasteiger partial charge in [0.1, 0.15) is 11.8 Å². The number of hydrogen-bond acceptors (Lipinski definition) is 4. The fourth-order valence-corrected chi connectivity index (χ4v) is 4.34. The number of anilines is 1. The number of amides is 1. The maximum Gasteiger partial charge on any atom is 0.243 e. The van der Waals surface area contributed by atoms with Crippen LogP contribution < -0.4 is 14.4 Å². The van der Waals surface area contributed by atoms with E-state index in [2.05, 4.69) is 5.32 Å². The molecule has 0 heterocycles. The molecule has 1 amide bonds. The fourth-order valence-electron chi connectivity index (χ4n) is 3.01. The normalized spacial score (nSPS) is 16.7. The van der Waals surface area contributed by atoms with Crippen LogP contribution >= 0.6 is 11.6 Å². The molecule has 0 bridgehead atoms. The molecule has 8 heteroatoms. The summed E-state index contributed by atoms with van der Waals surface area (Å²) in [5.41, 5.74) is 0.251. The molecule has 0 spiro atoms. The third kappa shape index (κ3) is 4.33. The predicted molar refractivity (Wildman–Crippen MR) is 95.2 cm³/mol. The topological polar surface area (TPSA) is 75.7 Å². The van der Waals surface area contributed by atoms with Crippen molar-refractivity contribution in [3.05, 3.63) is 23.2 Å². The molecule has 0 radical (unpaired) electrons. The van der Waals surface area contributed by atoms with Crippen molar-refractivity contribution in [3.8, 4) is 5.75 Å². The molecule has 1 aliphatic carbocycles. The quantitative estimate of drug-likeness (QED) is 0.830. The second-order valence-electron chi connectivity index (χ2n) is 6.04. The van der Waals surface area contributed by atoms with Crippen LogP contribution in [0.4, 0.5) is 5.69 Å². The average Bonchev–Trinajstić information content (AvgIpc) is 2.99. The summed E-state index contributed by atoms with van der Waals surface area (Å²) in [6.45, 7) is 1.56. The summed E-state index contributed by atoms with van der Waals surface area (Å²) >= 11 is 6.01. The van der Waals surface area contributed by atoms with Crippen LogP contribution in [0.25, 0.3) is 0 Å². The number of benzene rings is 1. The van der Waals surface area contributed by atoms with E-state index in [1.807, 2.05) is 0 Å². The largest absolute Gasteiger partial charge is 0.495 e. The van der Waals surface area contributed by atoms with Gasteiger partial charge in [-0.1, -0.05) is 24.4 Å². The van der Waals surface area contributed by atoms with Crippen LogP contribution in [0.2, 0.25) is 5.02 Å². The van der Waals surface area contributed by atoms with E-state index in [-0.39, 0.29) is 17.6 Å². The lowest BCUT2D eigenvalue weighted by atomic mass is 10.2. The number of carbonyl (C=O) groups excluding carboxylic acids is 1. The molecule has 134 valence electrons. The lowest BCUT2D eigenvalue weighted by Gasteiger charge is -2.30. The summed E-state index contributed by atoms with van der Waals surface area (Å²) < 4.78 is 31.0. The number of sulfonamides is 1. The maximum absolute atomic E-state index is 12.6. The molecule has 1 aromatic rings. The van der Waals surface area contributed by atoms with Gasteiger partial charge in [0.15, 0.2) is 0 Å². The highest BCUT2D eigenvalue weighted by molar-refractivity contribution is 7.92. The molecule has 0 unspecified atom stereocenters. The number of methoxy groups -OCH3 is 1. The number of hydrogen-bond donors (Lipinski definition) is 1. The number of nitrogens with zero attached hydrogens (tertiary/aromatic N) is 1. The summed E-state index contributed by atoms with van der Waals surface area (Å²) in [5.74, 6) is 0.0136. The first-order valence-electron chi connectivity index (χ1n) is 7.87. The van der Waals surface area contributed by atoms with E-state index in [0.29, 0.717) is 10.8 Å². The average molecular weight is 375 g/mol. The van der Waals surface area contributed by atoms with Gasteiger partial charge in [0.2, 0.25) is 15.9 Å². The van der Waals surface area contributed by atoms with E-state index >= 15 is 0 Å². The van der Waals surface area contributed by atoms with E-state index in [1.54, 1.807) is 19.1 Å². The Balaban J connectivity index is 2.35. The fraction of sp³-hybridized carbons (Fsp3) is 0.562. The molecule has 1 atom stereocenters. The highest BCUT2D eigenvalue weighted by atomic mass is 35.5. The minimum Gasteiger partial charge on any atom is -0.495 e. The first kappa shape index (κ1) is 18.9. The zero-order chi connectivity index (χ0) is 17.9. The second kappa shape index (κ2) is 7.61. The second-order valence-corrected chi connectivity index (χ2v) is 8.34. The van der Waals surface area contributed by atoms with Crippen LogP contribution in [-0.2, 0) is 14.8 Å². The Morgan fingerprint density at radius 2 is 2.00 bits per heavy atom. The molecule has 1 saturated carbocycles. The van der Waals surface area contributed by atoms with Crippen LogP contribution in [-0.4, -0.2) is 39.8 Å². The summed E-state index contributed by atoms with van der Waals surface area (Å²) in [4.78, 5) is 12.6. The minimum atomic E-state index is -3.71. The molecule has 1 aromatic carbocycles. The van der Waals surface area contributed by atoms with Crippen LogP contribution in [0.15, 0.2) is 18.2 Å². The van der Waals surface area contributed by atoms with Gasteiger partial charge in [-0.15, -0.1) is 0 Å². The Morgan fingerprint density at radius 3 is 2.54 bits per heavy atom. The van der Waals surface area contributed by atoms with Gasteiger partial charge in [0.05, 0.1) is 19.1 Å². The number of halogens is 1. The smallest absolute Gasteiger partial charge is 0.243 e. The van der Waals surface area contributed by atoms with Crippen molar-refractivity contribution < 1.29 is 17.9 Å². The van der Waals surface area contributed by atoms with Crippen molar-refractivity contribution >= 4 is 33.2 Å². The van der Waals surface area contributed by atoms with Crippen LogP contribution in [0, 0.1) is 0 Å². The van der Waals surface area contributed by atoms with Crippen molar-refractivity contribution in [2.24, 2.45) is 0 Å². The van der Waals surface area contributed by atoms with Crippen molar-refractivity contribution in [2.75, 3.05) is 17.7 Å². The van der Waals surface area contributed by atoms with Gasteiger partial charge in [-0.05, 0) is 38.0 Å². The minimum absolute atomic E-state index is 0.114. The third-order valence-corrected chi connectivity index (χ3v) is 5.63. The molecule has 0 saturated heterocycles. The van der Waals surface area contributed by atoms with E-state index < -0.39 is 16.1 Å². The van der Waals surface area contributed by atoms with E-state index in [1.165, 1.54) is 13.2 Å². The number of rotatable bonds is 6. The standard InChI is InChI=1S/C16H23ClN2O4S/c1-11(16(20)18-13-6-4-5-7-13)19(24(3,21)22)14-10-12(17)8-9-15(14)23-2/h8-11,13H,4-7H2,1-3H3,(H,18,20)/t11-/m0/s1. The Labute approximate surface area is 148 Å². The number of nitrogens with one attached hydrogen (secondary N) is 1. The number of ether oxygens (including phenoxy) is 1. The molecular weight excluding hydrogens is 352 g/mol. The Kier molecular flexibility index (Phi) is 5.98. The van der Waals surface area contributed by atoms with Gasteiger partial charge in [-0.2, -0.15) is 0 Å².